The number of aromatic nitrogens is 3. The number of nitrogens with two attached hydrogens (primary N) is 1. The summed E-state index contributed by atoms with van der Waals surface area (Å²) in [6.07, 6.45) is 3.64. The number of hydrogen-bond donors (Lipinski definition) is 1. The van der Waals surface area contributed by atoms with Crippen molar-refractivity contribution in [2.24, 2.45) is 5.73 Å². The zero-order valence-electron chi connectivity index (χ0n) is 8.84. The van der Waals surface area contributed by atoms with Gasteiger partial charge in [0.25, 0.3) is 0 Å². The molecule has 1 atom stereocenters. The third kappa shape index (κ3) is 1.93. The van der Waals surface area contributed by atoms with Gasteiger partial charge in [0.15, 0.2) is 0 Å². The van der Waals surface area contributed by atoms with Gasteiger partial charge in [-0.2, -0.15) is 5.10 Å². The molecule has 15 heavy (non-hydrogen) atoms. The van der Waals surface area contributed by atoms with Crippen molar-refractivity contribution in [2.75, 3.05) is 0 Å². The second kappa shape index (κ2) is 4.12. The van der Waals surface area contributed by atoms with Crippen molar-refractivity contribution in [3.05, 3.63) is 23.3 Å². The first-order chi connectivity index (χ1) is 7.22. The van der Waals surface area contributed by atoms with Crippen molar-refractivity contribution >= 4 is 11.3 Å². The highest BCUT2D eigenvalue weighted by molar-refractivity contribution is 7.15. The molecule has 0 aromatic carbocycles. The lowest BCUT2D eigenvalue weighted by atomic mass is 10.3. The Bertz CT molecular complexity index is 444. The molecule has 5 heteroatoms. The van der Waals surface area contributed by atoms with Gasteiger partial charge in [-0.1, -0.05) is 0 Å². The first-order valence-electron chi connectivity index (χ1n) is 4.96. The maximum atomic E-state index is 5.80. The van der Waals surface area contributed by atoms with Crippen LogP contribution in [-0.4, -0.2) is 14.8 Å². The maximum Gasteiger partial charge on any atom is 0.141 e. The van der Waals surface area contributed by atoms with Gasteiger partial charge in [0.1, 0.15) is 5.01 Å². The topological polar surface area (TPSA) is 56.7 Å². The smallest absolute Gasteiger partial charge is 0.141 e. The molecule has 4 nitrogen and oxygen atoms in total. The van der Waals surface area contributed by atoms with E-state index in [0.717, 1.165) is 22.1 Å². The van der Waals surface area contributed by atoms with Crippen molar-refractivity contribution in [1.29, 1.82) is 0 Å². The summed E-state index contributed by atoms with van der Waals surface area (Å²) in [5.74, 6) is 0. The minimum Gasteiger partial charge on any atom is -0.323 e. The van der Waals surface area contributed by atoms with Gasteiger partial charge in [0.2, 0.25) is 0 Å². The molecule has 80 valence electrons. The summed E-state index contributed by atoms with van der Waals surface area (Å²) in [5.41, 5.74) is 6.86. The van der Waals surface area contributed by atoms with Crippen LogP contribution in [0.25, 0.3) is 10.7 Å². The largest absolute Gasteiger partial charge is 0.323 e. The van der Waals surface area contributed by atoms with Gasteiger partial charge in [0.05, 0.1) is 5.69 Å². The normalized spacial score (nSPS) is 13.0. The molecule has 0 spiro atoms. The molecule has 0 aliphatic rings. The fraction of sp³-hybridized carbons (Fsp3) is 0.400. The lowest BCUT2D eigenvalue weighted by Gasteiger charge is -2.00. The Morgan fingerprint density at radius 3 is 3.00 bits per heavy atom. The Morgan fingerprint density at radius 1 is 1.60 bits per heavy atom. The summed E-state index contributed by atoms with van der Waals surface area (Å²) in [5, 5.41) is 5.20. The Hall–Kier alpha value is -1.20. The van der Waals surface area contributed by atoms with E-state index >= 15 is 0 Å². The molecular weight excluding hydrogens is 208 g/mol. The van der Waals surface area contributed by atoms with E-state index in [1.165, 1.54) is 0 Å². The van der Waals surface area contributed by atoms with Gasteiger partial charge in [-0.05, 0) is 19.9 Å². The van der Waals surface area contributed by atoms with E-state index < -0.39 is 0 Å². The summed E-state index contributed by atoms with van der Waals surface area (Å²) in [4.78, 5) is 5.47. The third-order valence-corrected chi connectivity index (χ3v) is 3.43. The lowest BCUT2D eigenvalue weighted by Crippen LogP contribution is -2.01. The van der Waals surface area contributed by atoms with E-state index in [2.05, 4.69) is 17.0 Å². The molecule has 0 fully saturated rings. The van der Waals surface area contributed by atoms with Crippen LogP contribution >= 0.6 is 11.3 Å². The van der Waals surface area contributed by atoms with Crippen LogP contribution in [0.3, 0.4) is 0 Å². The van der Waals surface area contributed by atoms with Crippen LogP contribution in [0.5, 0.6) is 0 Å². The van der Waals surface area contributed by atoms with E-state index in [1.54, 1.807) is 17.5 Å². The number of thiazole rings is 1. The predicted molar refractivity (Wildman–Crippen MR) is 61.6 cm³/mol. The molecule has 0 radical (unpaired) electrons. The second-order valence-corrected chi connectivity index (χ2v) is 4.45. The predicted octanol–water partition coefficient (Wildman–Crippen LogP) is 2.05. The van der Waals surface area contributed by atoms with Crippen LogP contribution in [0.2, 0.25) is 0 Å². The number of aryl methyl sites for hydroxylation is 1. The van der Waals surface area contributed by atoms with E-state index in [1.807, 2.05) is 23.9 Å². The SMILES string of the molecule is CCn1nccc1-c1ncc(C(C)N)s1. The molecule has 0 aliphatic heterocycles. The average Bonchev–Trinajstić information content (AvgIpc) is 2.85. The van der Waals surface area contributed by atoms with Gasteiger partial charge in [-0.25, -0.2) is 4.98 Å². The van der Waals surface area contributed by atoms with E-state index in [9.17, 15) is 0 Å². The van der Waals surface area contributed by atoms with Crippen LogP contribution < -0.4 is 5.73 Å². The molecule has 0 amide bonds. The van der Waals surface area contributed by atoms with Crippen molar-refractivity contribution in [3.63, 3.8) is 0 Å². The fourth-order valence-corrected chi connectivity index (χ4v) is 2.28. The molecule has 0 aliphatic carbocycles. The number of rotatable bonds is 3. The van der Waals surface area contributed by atoms with Gasteiger partial charge in [-0.3, -0.25) is 4.68 Å². The highest BCUT2D eigenvalue weighted by Crippen LogP contribution is 2.27. The molecule has 0 saturated heterocycles. The van der Waals surface area contributed by atoms with Crippen molar-refractivity contribution in [2.45, 2.75) is 26.4 Å². The first kappa shape index (κ1) is 10.3. The fourth-order valence-electron chi connectivity index (χ4n) is 1.38. The molecule has 2 aromatic heterocycles. The minimum absolute atomic E-state index is 0.0502. The van der Waals surface area contributed by atoms with Gasteiger partial charge < -0.3 is 5.73 Å². The third-order valence-electron chi connectivity index (χ3n) is 2.21. The van der Waals surface area contributed by atoms with E-state index in [0.29, 0.717) is 0 Å². The molecule has 2 heterocycles. The van der Waals surface area contributed by atoms with Crippen LogP contribution in [0.1, 0.15) is 24.8 Å². The minimum atomic E-state index is 0.0502. The standard InChI is InChI=1S/C10H14N4S/c1-3-14-8(4-5-13-14)10-12-6-9(15-10)7(2)11/h4-7H,3,11H2,1-2H3. The maximum absolute atomic E-state index is 5.80. The van der Waals surface area contributed by atoms with Crippen molar-refractivity contribution in [1.82, 2.24) is 14.8 Å². The summed E-state index contributed by atoms with van der Waals surface area (Å²) in [6, 6.07) is 2.03. The Labute approximate surface area is 92.8 Å². The first-order valence-corrected chi connectivity index (χ1v) is 5.77. The number of hydrogen-bond acceptors (Lipinski definition) is 4. The van der Waals surface area contributed by atoms with Crippen LogP contribution in [0, 0.1) is 0 Å². The highest BCUT2D eigenvalue weighted by Gasteiger charge is 2.10. The Morgan fingerprint density at radius 2 is 2.40 bits per heavy atom. The second-order valence-electron chi connectivity index (χ2n) is 3.39. The lowest BCUT2D eigenvalue weighted by molar-refractivity contribution is 0.667. The molecule has 1 unspecified atom stereocenters. The Kier molecular flexibility index (Phi) is 2.83. The zero-order chi connectivity index (χ0) is 10.8. The van der Waals surface area contributed by atoms with Crippen molar-refractivity contribution < 1.29 is 0 Å². The van der Waals surface area contributed by atoms with Gasteiger partial charge in [-0.15, -0.1) is 11.3 Å². The summed E-state index contributed by atoms with van der Waals surface area (Å²) in [6.45, 7) is 4.89. The van der Waals surface area contributed by atoms with Crippen LogP contribution in [0.4, 0.5) is 0 Å². The monoisotopic (exact) mass is 222 g/mol. The molecule has 0 bridgehead atoms. The Balaban J connectivity index is 2.37. The van der Waals surface area contributed by atoms with Gasteiger partial charge >= 0.3 is 0 Å². The summed E-state index contributed by atoms with van der Waals surface area (Å²) in [7, 11) is 0. The van der Waals surface area contributed by atoms with E-state index in [-0.39, 0.29) is 6.04 Å². The quantitative estimate of drug-likeness (QED) is 0.864. The molecule has 2 N–H and O–H groups in total. The van der Waals surface area contributed by atoms with E-state index in [4.69, 9.17) is 5.73 Å². The summed E-state index contributed by atoms with van der Waals surface area (Å²) < 4.78 is 1.93. The van der Waals surface area contributed by atoms with Crippen molar-refractivity contribution in [3.8, 4) is 10.7 Å². The average molecular weight is 222 g/mol. The molecule has 2 aromatic rings. The summed E-state index contributed by atoms with van der Waals surface area (Å²) >= 11 is 1.63. The van der Waals surface area contributed by atoms with Crippen LogP contribution in [-0.2, 0) is 6.54 Å². The van der Waals surface area contributed by atoms with Gasteiger partial charge in [0, 0.05) is 29.9 Å². The zero-order valence-corrected chi connectivity index (χ0v) is 9.66. The number of nitrogens with zero attached hydrogens (tertiary/aromatic N) is 3. The molecule has 2 rings (SSSR count). The molecule has 0 saturated carbocycles. The molecular formula is C10H14N4S. The highest BCUT2D eigenvalue weighted by atomic mass is 32.1. The van der Waals surface area contributed by atoms with Crippen LogP contribution in [0.15, 0.2) is 18.5 Å².